The predicted molar refractivity (Wildman–Crippen MR) is 118 cm³/mol. The lowest BCUT2D eigenvalue weighted by Crippen LogP contribution is -2.22. The third-order valence-electron chi connectivity index (χ3n) is 4.49. The molecule has 0 N–H and O–H groups in total. The molecule has 0 atom stereocenters. The van der Waals surface area contributed by atoms with Crippen LogP contribution in [0.1, 0.15) is 42.3 Å². The highest BCUT2D eigenvalue weighted by molar-refractivity contribution is 5.90. The molecule has 31 heavy (non-hydrogen) atoms. The molecule has 3 rings (SSSR count). The number of carbonyl (C=O) groups is 2. The topological polar surface area (TPSA) is 87.5 Å². The van der Waals surface area contributed by atoms with Gasteiger partial charge in [-0.2, -0.15) is 0 Å². The monoisotopic (exact) mass is 420 g/mol. The smallest absolute Gasteiger partial charge is 0.337 e. The quantitative estimate of drug-likeness (QED) is 0.471. The minimum atomic E-state index is -0.584. The molecule has 0 amide bonds. The molecule has 0 saturated carbocycles. The average Bonchev–Trinajstić information content (AvgIpc) is 2.71. The second-order valence-electron chi connectivity index (χ2n) is 8.06. The molecular weight excluding hydrogens is 396 g/mol. The molecule has 0 fully saturated rings. The fourth-order valence-corrected chi connectivity index (χ4v) is 3.03. The van der Waals surface area contributed by atoms with E-state index in [9.17, 15) is 14.4 Å². The van der Waals surface area contributed by atoms with E-state index in [2.05, 4.69) is 4.98 Å². The first-order valence-corrected chi connectivity index (χ1v) is 9.71. The van der Waals surface area contributed by atoms with Gasteiger partial charge in [0, 0.05) is 6.08 Å². The Morgan fingerprint density at radius 1 is 1.10 bits per heavy atom. The molecule has 0 aliphatic rings. The van der Waals surface area contributed by atoms with Crippen LogP contribution in [-0.4, -0.2) is 34.2 Å². The van der Waals surface area contributed by atoms with Gasteiger partial charge in [-0.1, -0.05) is 12.1 Å². The van der Waals surface area contributed by atoms with Crippen LogP contribution in [0.3, 0.4) is 0 Å². The standard InChI is InChI=1S/C24H24N2O5/c1-15-6-9-17(23(29)30-5)13-20(15)26-14-25-19-10-7-16(12-18(19)22(26)28)8-11-21(27)31-24(2,3)4/h6-14H,1-5H3. The Hall–Kier alpha value is -3.74. The van der Waals surface area contributed by atoms with Gasteiger partial charge in [0.1, 0.15) is 11.9 Å². The molecule has 160 valence electrons. The normalized spacial score (nSPS) is 11.6. The number of methoxy groups -OCH3 is 1. The van der Waals surface area contributed by atoms with Crippen LogP contribution in [-0.2, 0) is 14.3 Å². The van der Waals surface area contributed by atoms with Gasteiger partial charge in [-0.25, -0.2) is 14.6 Å². The highest BCUT2D eigenvalue weighted by atomic mass is 16.6. The van der Waals surface area contributed by atoms with Crippen molar-refractivity contribution >= 4 is 28.9 Å². The van der Waals surface area contributed by atoms with Crippen LogP contribution in [0.2, 0.25) is 0 Å². The first-order valence-electron chi connectivity index (χ1n) is 9.71. The summed E-state index contributed by atoms with van der Waals surface area (Å²) >= 11 is 0. The lowest BCUT2D eigenvalue weighted by molar-refractivity contribution is -0.148. The van der Waals surface area contributed by atoms with Crippen molar-refractivity contribution in [3.8, 4) is 5.69 Å². The third-order valence-corrected chi connectivity index (χ3v) is 4.49. The summed E-state index contributed by atoms with van der Waals surface area (Å²) in [5.74, 6) is -0.955. The first-order chi connectivity index (χ1) is 14.6. The fourth-order valence-electron chi connectivity index (χ4n) is 3.03. The van der Waals surface area contributed by atoms with Crippen molar-refractivity contribution in [2.24, 2.45) is 0 Å². The number of hydrogen-bond donors (Lipinski definition) is 0. The number of aryl methyl sites for hydroxylation is 1. The van der Waals surface area contributed by atoms with Crippen LogP contribution in [0.4, 0.5) is 0 Å². The highest BCUT2D eigenvalue weighted by Gasteiger charge is 2.14. The number of hydrogen-bond acceptors (Lipinski definition) is 6. The van der Waals surface area contributed by atoms with E-state index in [4.69, 9.17) is 9.47 Å². The van der Waals surface area contributed by atoms with Gasteiger partial charge in [-0.3, -0.25) is 9.36 Å². The van der Waals surface area contributed by atoms with Gasteiger partial charge in [0.15, 0.2) is 0 Å². The molecule has 2 aromatic carbocycles. The van der Waals surface area contributed by atoms with E-state index >= 15 is 0 Å². The summed E-state index contributed by atoms with van der Waals surface area (Å²) in [4.78, 5) is 41.4. The maximum absolute atomic E-state index is 13.2. The molecular formula is C24H24N2O5. The molecule has 0 bridgehead atoms. The molecule has 7 heteroatoms. The lowest BCUT2D eigenvalue weighted by Gasteiger charge is -2.17. The highest BCUT2D eigenvalue weighted by Crippen LogP contribution is 2.18. The predicted octanol–water partition coefficient (Wildman–Crippen LogP) is 3.84. The summed E-state index contributed by atoms with van der Waals surface area (Å²) < 4.78 is 11.4. The second kappa shape index (κ2) is 8.55. The lowest BCUT2D eigenvalue weighted by atomic mass is 10.1. The Kier molecular flexibility index (Phi) is 6.06. The Bertz CT molecular complexity index is 1250. The van der Waals surface area contributed by atoms with Gasteiger partial charge in [-0.15, -0.1) is 0 Å². The van der Waals surface area contributed by atoms with Crippen molar-refractivity contribution in [3.63, 3.8) is 0 Å². The number of ether oxygens (including phenoxy) is 2. The number of fused-ring (bicyclic) bond motifs is 1. The van der Waals surface area contributed by atoms with Crippen LogP contribution in [0.15, 0.2) is 53.6 Å². The summed E-state index contributed by atoms with van der Waals surface area (Å²) in [6, 6.07) is 10.1. The fraction of sp³-hybridized carbons (Fsp3) is 0.250. The molecule has 0 unspecified atom stereocenters. The van der Waals surface area contributed by atoms with Crippen molar-refractivity contribution < 1.29 is 19.1 Å². The minimum Gasteiger partial charge on any atom is -0.465 e. The Morgan fingerprint density at radius 2 is 1.84 bits per heavy atom. The summed E-state index contributed by atoms with van der Waals surface area (Å²) in [5, 5.41) is 0.386. The maximum atomic E-state index is 13.2. The Morgan fingerprint density at radius 3 is 2.52 bits per heavy atom. The molecule has 3 aromatic rings. The molecule has 0 aliphatic carbocycles. The summed E-state index contributed by atoms with van der Waals surface area (Å²) in [6.45, 7) is 7.22. The van der Waals surface area contributed by atoms with E-state index in [-0.39, 0.29) is 5.56 Å². The van der Waals surface area contributed by atoms with E-state index in [1.807, 2.05) is 6.92 Å². The van der Waals surface area contributed by atoms with E-state index in [0.717, 1.165) is 5.56 Å². The van der Waals surface area contributed by atoms with E-state index in [1.165, 1.54) is 24.1 Å². The van der Waals surface area contributed by atoms with Gasteiger partial charge in [0.2, 0.25) is 0 Å². The minimum absolute atomic E-state index is 0.289. The zero-order valence-corrected chi connectivity index (χ0v) is 18.1. The molecule has 1 heterocycles. The average molecular weight is 420 g/mol. The van der Waals surface area contributed by atoms with Crippen molar-refractivity contribution in [1.82, 2.24) is 9.55 Å². The zero-order valence-electron chi connectivity index (χ0n) is 18.1. The molecule has 7 nitrogen and oxygen atoms in total. The Labute approximate surface area is 179 Å². The number of benzene rings is 2. The third kappa shape index (κ3) is 5.06. The van der Waals surface area contributed by atoms with E-state index in [1.54, 1.807) is 63.2 Å². The SMILES string of the molecule is COC(=O)c1ccc(C)c(-n2cnc3ccc(C=CC(=O)OC(C)(C)C)cc3c2=O)c1. The van der Waals surface area contributed by atoms with Crippen molar-refractivity contribution in [3.05, 3.63) is 75.8 Å². The number of nitrogens with zero attached hydrogens (tertiary/aromatic N) is 2. The van der Waals surface area contributed by atoms with Gasteiger partial charge in [0.25, 0.3) is 5.56 Å². The number of esters is 2. The molecule has 0 spiro atoms. The van der Waals surface area contributed by atoms with Crippen molar-refractivity contribution in [2.75, 3.05) is 7.11 Å². The van der Waals surface area contributed by atoms with Crippen molar-refractivity contribution in [2.45, 2.75) is 33.3 Å². The molecule has 0 radical (unpaired) electrons. The second-order valence-corrected chi connectivity index (χ2v) is 8.06. The maximum Gasteiger partial charge on any atom is 0.337 e. The van der Waals surface area contributed by atoms with E-state index < -0.39 is 17.5 Å². The molecule has 0 saturated heterocycles. The summed E-state index contributed by atoms with van der Waals surface area (Å²) in [6.07, 6.45) is 4.35. The molecule has 1 aromatic heterocycles. The van der Waals surface area contributed by atoms with E-state index in [0.29, 0.717) is 27.7 Å². The van der Waals surface area contributed by atoms with Crippen LogP contribution in [0, 0.1) is 6.92 Å². The zero-order chi connectivity index (χ0) is 22.8. The van der Waals surface area contributed by atoms with Gasteiger partial charge in [-0.05, 0) is 69.2 Å². The molecule has 0 aliphatic heterocycles. The van der Waals surface area contributed by atoms with Crippen LogP contribution in [0.25, 0.3) is 22.7 Å². The van der Waals surface area contributed by atoms with Gasteiger partial charge in [0.05, 0.1) is 29.3 Å². The van der Waals surface area contributed by atoms with Crippen LogP contribution >= 0.6 is 0 Å². The largest absolute Gasteiger partial charge is 0.465 e. The number of rotatable bonds is 4. The van der Waals surface area contributed by atoms with Gasteiger partial charge >= 0.3 is 11.9 Å². The Balaban J connectivity index is 2.04. The summed E-state index contributed by atoms with van der Waals surface area (Å²) in [7, 11) is 1.30. The van der Waals surface area contributed by atoms with Crippen LogP contribution in [0.5, 0.6) is 0 Å². The van der Waals surface area contributed by atoms with Crippen molar-refractivity contribution in [1.29, 1.82) is 0 Å². The van der Waals surface area contributed by atoms with Crippen LogP contribution < -0.4 is 5.56 Å². The van der Waals surface area contributed by atoms with Gasteiger partial charge < -0.3 is 9.47 Å². The summed E-state index contributed by atoms with van der Waals surface area (Å²) in [5.41, 5.74) is 1.99. The first kappa shape index (κ1) is 22.0. The number of carbonyl (C=O) groups excluding carboxylic acids is 2. The number of aromatic nitrogens is 2.